The van der Waals surface area contributed by atoms with Gasteiger partial charge < -0.3 is 0 Å². The van der Waals surface area contributed by atoms with Crippen LogP contribution in [0.15, 0.2) is 18.2 Å². The molecule has 1 aromatic carbocycles. The smallest absolute Gasteiger partial charge is 0.273 e. The second kappa shape index (κ2) is 7.07. The monoisotopic (exact) mass is 281 g/mol. The van der Waals surface area contributed by atoms with Gasteiger partial charge in [0.2, 0.25) is 0 Å². The van der Waals surface area contributed by atoms with E-state index in [0.717, 1.165) is 0 Å². The van der Waals surface area contributed by atoms with Crippen molar-refractivity contribution in [3.8, 4) is 6.07 Å². The van der Waals surface area contributed by atoms with E-state index in [2.05, 4.69) is 6.07 Å². The van der Waals surface area contributed by atoms with Crippen molar-refractivity contribution in [2.24, 2.45) is 0 Å². The van der Waals surface area contributed by atoms with E-state index in [4.69, 9.17) is 16.9 Å². The third-order valence-electron chi connectivity index (χ3n) is 2.85. The first-order chi connectivity index (χ1) is 8.95. The molecule has 102 valence electrons. The van der Waals surface area contributed by atoms with Crippen LogP contribution in [0.5, 0.6) is 0 Å². The first-order valence-electron chi connectivity index (χ1n) is 5.99. The largest absolute Gasteiger partial charge is 0.295 e. The van der Waals surface area contributed by atoms with Gasteiger partial charge in [0.1, 0.15) is 0 Å². The fourth-order valence-electron chi connectivity index (χ4n) is 1.79. The highest BCUT2D eigenvalue weighted by molar-refractivity contribution is 6.30. The minimum Gasteiger partial charge on any atom is -0.295 e. The summed E-state index contributed by atoms with van der Waals surface area (Å²) in [6.07, 6.45) is 0.395. The molecule has 0 amide bonds. The van der Waals surface area contributed by atoms with E-state index < -0.39 is 4.92 Å². The van der Waals surface area contributed by atoms with Crippen LogP contribution < -0.4 is 0 Å². The molecule has 0 radical (unpaired) electrons. The summed E-state index contributed by atoms with van der Waals surface area (Å²) >= 11 is 5.90. The molecule has 5 nitrogen and oxygen atoms in total. The maximum atomic E-state index is 11.0. The number of halogens is 1. The van der Waals surface area contributed by atoms with Crippen molar-refractivity contribution in [3.05, 3.63) is 38.9 Å². The zero-order chi connectivity index (χ0) is 14.4. The number of nitriles is 1. The minimum absolute atomic E-state index is 0.0620. The van der Waals surface area contributed by atoms with Gasteiger partial charge in [-0.3, -0.25) is 15.0 Å². The highest BCUT2D eigenvalue weighted by Crippen LogP contribution is 2.24. The average Bonchev–Trinajstić information content (AvgIpc) is 2.33. The van der Waals surface area contributed by atoms with E-state index in [1.807, 2.05) is 18.7 Å². The molecule has 0 fully saturated rings. The fourth-order valence-corrected chi connectivity index (χ4v) is 1.99. The third-order valence-corrected chi connectivity index (χ3v) is 3.09. The van der Waals surface area contributed by atoms with Crippen LogP contribution in [0, 0.1) is 21.4 Å². The van der Waals surface area contributed by atoms with E-state index in [-0.39, 0.29) is 11.7 Å². The Labute approximate surface area is 117 Å². The molecule has 0 unspecified atom stereocenters. The number of benzene rings is 1. The Kier molecular flexibility index (Phi) is 5.74. The van der Waals surface area contributed by atoms with Crippen molar-refractivity contribution in [2.75, 3.05) is 6.54 Å². The third kappa shape index (κ3) is 4.51. The molecular weight excluding hydrogens is 266 g/mol. The number of nitro benzene ring substituents is 1. The molecule has 0 aliphatic carbocycles. The molecule has 0 aliphatic rings. The van der Waals surface area contributed by atoms with Crippen molar-refractivity contribution in [1.29, 1.82) is 5.26 Å². The fraction of sp³-hybridized carbons (Fsp3) is 0.462. The van der Waals surface area contributed by atoms with Gasteiger partial charge in [-0.1, -0.05) is 11.6 Å². The molecule has 0 heterocycles. The predicted octanol–water partition coefficient (Wildman–Crippen LogP) is 3.37. The molecular formula is C13H16ClN3O2. The Hall–Kier alpha value is -1.64. The number of rotatable bonds is 6. The van der Waals surface area contributed by atoms with Gasteiger partial charge in [0.15, 0.2) is 0 Å². The highest BCUT2D eigenvalue weighted by Gasteiger charge is 2.18. The van der Waals surface area contributed by atoms with Gasteiger partial charge in [0.25, 0.3) is 5.69 Å². The molecule has 0 spiro atoms. The lowest BCUT2D eigenvalue weighted by Crippen LogP contribution is -2.31. The molecule has 0 saturated carbocycles. The Balaban J connectivity index is 2.98. The summed E-state index contributed by atoms with van der Waals surface area (Å²) in [6.45, 7) is 4.98. The Morgan fingerprint density at radius 1 is 1.53 bits per heavy atom. The lowest BCUT2D eigenvalue weighted by atomic mass is 10.1. The summed E-state index contributed by atoms with van der Waals surface area (Å²) in [5.74, 6) is 0. The molecule has 0 aromatic heterocycles. The first-order valence-corrected chi connectivity index (χ1v) is 6.37. The minimum atomic E-state index is -0.408. The molecule has 6 heteroatoms. The predicted molar refractivity (Wildman–Crippen MR) is 73.9 cm³/mol. The van der Waals surface area contributed by atoms with Crippen LogP contribution in [0.2, 0.25) is 5.02 Å². The van der Waals surface area contributed by atoms with Crippen molar-refractivity contribution in [2.45, 2.75) is 32.9 Å². The maximum absolute atomic E-state index is 11.0. The van der Waals surface area contributed by atoms with E-state index in [0.29, 0.717) is 30.1 Å². The highest BCUT2D eigenvalue weighted by atomic mass is 35.5. The van der Waals surface area contributed by atoms with Crippen molar-refractivity contribution < 1.29 is 4.92 Å². The summed E-state index contributed by atoms with van der Waals surface area (Å²) in [5, 5.41) is 20.1. The van der Waals surface area contributed by atoms with Crippen LogP contribution in [0.1, 0.15) is 25.8 Å². The quantitative estimate of drug-likeness (QED) is 0.592. The van der Waals surface area contributed by atoms with Crippen LogP contribution >= 0.6 is 11.6 Å². The normalized spacial score (nSPS) is 10.7. The molecule has 0 N–H and O–H groups in total. The molecule has 0 aliphatic heterocycles. The molecule has 0 saturated heterocycles. The molecule has 0 atom stereocenters. The molecule has 0 bridgehead atoms. The number of nitro groups is 1. The van der Waals surface area contributed by atoms with E-state index in [1.165, 1.54) is 12.1 Å². The van der Waals surface area contributed by atoms with Gasteiger partial charge >= 0.3 is 0 Å². The average molecular weight is 282 g/mol. The van der Waals surface area contributed by atoms with Crippen molar-refractivity contribution >= 4 is 17.3 Å². The summed E-state index contributed by atoms with van der Waals surface area (Å²) < 4.78 is 0. The topological polar surface area (TPSA) is 70.2 Å². The zero-order valence-corrected chi connectivity index (χ0v) is 11.7. The van der Waals surface area contributed by atoms with Gasteiger partial charge in [-0.15, -0.1) is 0 Å². The zero-order valence-electron chi connectivity index (χ0n) is 11.0. The van der Waals surface area contributed by atoms with E-state index in [9.17, 15) is 10.1 Å². The van der Waals surface area contributed by atoms with Crippen molar-refractivity contribution in [1.82, 2.24) is 4.90 Å². The van der Waals surface area contributed by atoms with Gasteiger partial charge in [0.05, 0.1) is 11.0 Å². The lowest BCUT2D eigenvalue weighted by molar-refractivity contribution is -0.385. The summed E-state index contributed by atoms with van der Waals surface area (Å²) in [6, 6.07) is 6.83. The Morgan fingerprint density at radius 3 is 2.74 bits per heavy atom. The number of hydrogen-bond donors (Lipinski definition) is 0. The SMILES string of the molecule is CC(C)N(CCC#N)Cc1cc(Cl)ccc1[N+](=O)[O-]. The van der Waals surface area contributed by atoms with Crippen molar-refractivity contribution in [3.63, 3.8) is 0 Å². The number of hydrogen-bond acceptors (Lipinski definition) is 4. The summed E-state index contributed by atoms with van der Waals surface area (Å²) in [4.78, 5) is 12.6. The van der Waals surface area contributed by atoms with E-state index in [1.54, 1.807) is 6.07 Å². The Bertz CT molecular complexity index is 497. The van der Waals surface area contributed by atoms with Gasteiger partial charge in [-0.05, 0) is 26.0 Å². The van der Waals surface area contributed by atoms with Gasteiger partial charge in [-0.25, -0.2) is 0 Å². The maximum Gasteiger partial charge on any atom is 0.273 e. The molecule has 19 heavy (non-hydrogen) atoms. The lowest BCUT2D eigenvalue weighted by Gasteiger charge is -2.25. The van der Waals surface area contributed by atoms with Crippen LogP contribution in [-0.4, -0.2) is 22.4 Å². The van der Waals surface area contributed by atoms with Crippen LogP contribution in [0.4, 0.5) is 5.69 Å². The number of nitrogens with zero attached hydrogens (tertiary/aromatic N) is 3. The first kappa shape index (κ1) is 15.4. The van der Waals surface area contributed by atoms with Gasteiger partial charge in [0, 0.05) is 42.2 Å². The van der Waals surface area contributed by atoms with Crippen LogP contribution in [0.25, 0.3) is 0 Å². The van der Waals surface area contributed by atoms with Crippen LogP contribution in [0.3, 0.4) is 0 Å². The Morgan fingerprint density at radius 2 is 2.21 bits per heavy atom. The molecule has 1 aromatic rings. The molecule has 1 rings (SSSR count). The summed E-state index contributed by atoms with van der Waals surface area (Å²) in [5.41, 5.74) is 0.635. The van der Waals surface area contributed by atoms with Crippen LogP contribution in [-0.2, 0) is 6.54 Å². The second-order valence-corrected chi connectivity index (χ2v) is 4.94. The van der Waals surface area contributed by atoms with Gasteiger partial charge in [-0.2, -0.15) is 5.26 Å². The standard InChI is InChI=1S/C13H16ClN3O2/c1-10(2)16(7-3-6-15)9-11-8-12(14)4-5-13(11)17(18)19/h4-5,8,10H,3,7,9H2,1-2H3. The second-order valence-electron chi connectivity index (χ2n) is 4.50. The summed E-state index contributed by atoms with van der Waals surface area (Å²) in [7, 11) is 0. The van der Waals surface area contributed by atoms with E-state index >= 15 is 0 Å².